The highest BCUT2D eigenvalue weighted by atomic mass is 35.5. The standard InChI is InChI=1S/C32H29ClF4N4O5/c1-44-29-27(45-17-18-8-11-38-12-9-18)7-4-21-25(10-13-39-28(21)29)46-26-6-3-20(15-24(26)34)41-31(43)30(42)40-16-19-2-5-23(33)22(14-19)32(35,36)37/h2-7,10,13-15,18,38H,8-9,11-12,16-17H2,1H3,(H,40,42)(H,41,43). The van der Waals surface area contributed by atoms with Crippen LogP contribution in [0.3, 0.4) is 0 Å². The van der Waals surface area contributed by atoms with Crippen molar-refractivity contribution in [1.82, 2.24) is 15.6 Å². The number of pyridine rings is 1. The van der Waals surface area contributed by atoms with Crippen molar-refractivity contribution >= 4 is 40.0 Å². The lowest BCUT2D eigenvalue weighted by molar-refractivity contribution is -0.137. The second-order valence-corrected chi connectivity index (χ2v) is 10.9. The molecule has 1 aliphatic heterocycles. The minimum Gasteiger partial charge on any atom is -0.491 e. The SMILES string of the molecule is COc1c(OCC2CCNCC2)ccc2c(Oc3ccc(NC(=O)C(=O)NCc4ccc(Cl)c(C(F)(F)F)c4)cc3F)ccnc12. The second-order valence-electron chi connectivity index (χ2n) is 10.5. The lowest BCUT2D eigenvalue weighted by Gasteiger charge is -2.23. The lowest BCUT2D eigenvalue weighted by Crippen LogP contribution is -2.35. The number of methoxy groups -OCH3 is 1. The second kappa shape index (κ2) is 14.2. The molecule has 0 spiro atoms. The Balaban J connectivity index is 1.23. The number of hydrogen-bond donors (Lipinski definition) is 3. The van der Waals surface area contributed by atoms with Gasteiger partial charge in [-0.25, -0.2) is 4.39 Å². The first-order valence-electron chi connectivity index (χ1n) is 14.2. The molecule has 1 aliphatic rings. The summed E-state index contributed by atoms with van der Waals surface area (Å²) in [4.78, 5) is 29.0. The van der Waals surface area contributed by atoms with Crippen LogP contribution in [-0.2, 0) is 22.3 Å². The Morgan fingerprint density at radius 2 is 1.76 bits per heavy atom. The van der Waals surface area contributed by atoms with Crippen LogP contribution < -0.4 is 30.2 Å². The summed E-state index contributed by atoms with van der Waals surface area (Å²) >= 11 is 5.61. The number of anilines is 1. The summed E-state index contributed by atoms with van der Waals surface area (Å²) in [5, 5.41) is 7.85. The van der Waals surface area contributed by atoms with E-state index in [0.29, 0.717) is 40.7 Å². The maximum atomic E-state index is 15.1. The van der Waals surface area contributed by atoms with Gasteiger partial charge in [-0.05, 0) is 79.9 Å². The van der Waals surface area contributed by atoms with Crippen LogP contribution in [0.15, 0.2) is 60.8 Å². The lowest BCUT2D eigenvalue weighted by atomic mass is 9.99. The number of hydrogen-bond acceptors (Lipinski definition) is 7. The number of ether oxygens (including phenoxy) is 3. The van der Waals surface area contributed by atoms with E-state index in [1.165, 1.54) is 31.5 Å². The summed E-state index contributed by atoms with van der Waals surface area (Å²) in [5.74, 6) is -1.61. The van der Waals surface area contributed by atoms with Gasteiger partial charge in [0.05, 0.1) is 24.3 Å². The van der Waals surface area contributed by atoms with Crippen molar-refractivity contribution in [3.8, 4) is 23.0 Å². The molecule has 2 amide bonds. The maximum Gasteiger partial charge on any atom is 0.417 e. The molecule has 1 saturated heterocycles. The van der Waals surface area contributed by atoms with Crippen LogP contribution in [0.1, 0.15) is 24.0 Å². The van der Waals surface area contributed by atoms with Crippen molar-refractivity contribution in [2.75, 3.05) is 32.1 Å². The minimum absolute atomic E-state index is 0.0485. The van der Waals surface area contributed by atoms with Gasteiger partial charge < -0.3 is 30.2 Å². The van der Waals surface area contributed by atoms with Gasteiger partial charge in [0.25, 0.3) is 0 Å². The predicted octanol–water partition coefficient (Wildman–Crippen LogP) is 6.48. The first kappa shape index (κ1) is 32.8. The first-order valence-corrected chi connectivity index (χ1v) is 14.6. The topological polar surface area (TPSA) is 111 Å². The number of rotatable bonds is 9. The van der Waals surface area contributed by atoms with Crippen LogP contribution in [0.2, 0.25) is 5.02 Å². The highest BCUT2D eigenvalue weighted by Crippen LogP contribution is 2.40. The van der Waals surface area contributed by atoms with E-state index in [2.05, 4.69) is 20.9 Å². The quantitative estimate of drug-likeness (QED) is 0.139. The molecule has 2 heterocycles. The van der Waals surface area contributed by atoms with Gasteiger partial charge in [-0.3, -0.25) is 14.6 Å². The number of alkyl halides is 3. The summed E-state index contributed by atoms with van der Waals surface area (Å²) < 4.78 is 71.9. The molecule has 3 aromatic carbocycles. The van der Waals surface area contributed by atoms with E-state index in [9.17, 15) is 22.8 Å². The molecule has 0 saturated carbocycles. The Bertz CT molecular complexity index is 1750. The predicted molar refractivity (Wildman–Crippen MR) is 163 cm³/mol. The van der Waals surface area contributed by atoms with Gasteiger partial charge in [-0.15, -0.1) is 0 Å². The number of fused-ring (bicyclic) bond motifs is 1. The molecule has 0 aliphatic carbocycles. The fourth-order valence-electron chi connectivity index (χ4n) is 4.93. The van der Waals surface area contributed by atoms with Crippen LogP contribution in [0, 0.1) is 11.7 Å². The fraction of sp³-hybridized carbons (Fsp3) is 0.281. The molecular weight excluding hydrogens is 632 g/mol. The molecule has 0 unspecified atom stereocenters. The molecule has 242 valence electrons. The number of aromatic nitrogens is 1. The van der Waals surface area contributed by atoms with E-state index < -0.39 is 34.4 Å². The van der Waals surface area contributed by atoms with Gasteiger partial charge in [0, 0.05) is 29.9 Å². The third kappa shape index (κ3) is 7.77. The van der Waals surface area contributed by atoms with Crippen molar-refractivity contribution in [3.63, 3.8) is 0 Å². The molecule has 0 radical (unpaired) electrons. The molecule has 3 N–H and O–H groups in total. The third-order valence-corrected chi connectivity index (χ3v) is 7.66. The zero-order chi connectivity index (χ0) is 32.8. The summed E-state index contributed by atoms with van der Waals surface area (Å²) in [6.45, 7) is 2.07. The number of nitrogens with one attached hydrogen (secondary N) is 3. The monoisotopic (exact) mass is 660 g/mol. The van der Waals surface area contributed by atoms with Crippen molar-refractivity contribution in [2.24, 2.45) is 5.92 Å². The first-order chi connectivity index (χ1) is 22.0. The van der Waals surface area contributed by atoms with Gasteiger partial charge in [0.2, 0.25) is 0 Å². The average Bonchev–Trinajstić information content (AvgIpc) is 3.04. The smallest absolute Gasteiger partial charge is 0.417 e. The number of carbonyl (C=O) groups excluding carboxylic acids is 2. The molecule has 4 aromatic rings. The van der Waals surface area contributed by atoms with E-state index >= 15 is 4.39 Å². The molecule has 0 atom stereocenters. The van der Waals surface area contributed by atoms with Gasteiger partial charge in [-0.1, -0.05) is 17.7 Å². The molecule has 9 nitrogen and oxygen atoms in total. The maximum absolute atomic E-state index is 15.1. The van der Waals surface area contributed by atoms with Crippen LogP contribution in [0.25, 0.3) is 10.9 Å². The Labute approximate surface area is 266 Å². The molecule has 46 heavy (non-hydrogen) atoms. The summed E-state index contributed by atoms with van der Waals surface area (Å²) in [7, 11) is 1.51. The number of piperidine rings is 1. The molecule has 14 heteroatoms. The van der Waals surface area contributed by atoms with Crippen LogP contribution in [0.4, 0.5) is 23.2 Å². The average molecular weight is 661 g/mol. The summed E-state index contributed by atoms with van der Waals surface area (Å²) in [6.07, 6.45) is -1.15. The van der Waals surface area contributed by atoms with Gasteiger partial charge in [0.15, 0.2) is 23.1 Å². The Morgan fingerprint density at radius 1 is 1.00 bits per heavy atom. The van der Waals surface area contributed by atoms with E-state index in [1.54, 1.807) is 18.2 Å². The van der Waals surface area contributed by atoms with Crippen LogP contribution >= 0.6 is 11.6 Å². The zero-order valence-corrected chi connectivity index (χ0v) is 25.2. The highest BCUT2D eigenvalue weighted by molar-refractivity contribution is 6.39. The number of amides is 2. The normalized spacial score (nSPS) is 13.7. The zero-order valence-electron chi connectivity index (χ0n) is 24.5. The van der Waals surface area contributed by atoms with Crippen LogP contribution in [0.5, 0.6) is 23.0 Å². The van der Waals surface area contributed by atoms with Gasteiger partial charge >= 0.3 is 18.0 Å². The van der Waals surface area contributed by atoms with Crippen molar-refractivity contribution in [3.05, 3.63) is 82.8 Å². The molecule has 1 aromatic heterocycles. The summed E-state index contributed by atoms with van der Waals surface area (Å²) in [6, 6.07) is 11.7. The fourth-order valence-corrected chi connectivity index (χ4v) is 5.16. The van der Waals surface area contributed by atoms with Crippen molar-refractivity contribution in [2.45, 2.75) is 25.6 Å². The molecular formula is C32H29ClF4N4O5. The van der Waals surface area contributed by atoms with Crippen molar-refractivity contribution < 1.29 is 41.4 Å². The van der Waals surface area contributed by atoms with E-state index in [1.807, 2.05) is 0 Å². The number of carbonyl (C=O) groups is 2. The largest absolute Gasteiger partial charge is 0.491 e. The van der Waals surface area contributed by atoms with Gasteiger partial charge in [0.1, 0.15) is 11.3 Å². The molecule has 5 rings (SSSR count). The number of benzene rings is 3. The summed E-state index contributed by atoms with van der Waals surface area (Å²) in [5.41, 5.74) is -0.574. The third-order valence-electron chi connectivity index (χ3n) is 7.33. The Morgan fingerprint density at radius 3 is 2.48 bits per heavy atom. The van der Waals surface area contributed by atoms with Crippen molar-refractivity contribution in [1.29, 1.82) is 0 Å². The van der Waals surface area contributed by atoms with E-state index in [0.717, 1.165) is 44.1 Å². The Kier molecular flexibility index (Phi) is 10.1. The Hall–Kier alpha value is -4.62. The number of halogens is 5. The number of nitrogens with zero attached hydrogens (tertiary/aromatic N) is 1. The van der Waals surface area contributed by atoms with E-state index in [-0.39, 0.29) is 23.5 Å². The minimum atomic E-state index is -4.68. The van der Waals surface area contributed by atoms with E-state index in [4.69, 9.17) is 25.8 Å². The highest BCUT2D eigenvalue weighted by Gasteiger charge is 2.33. The molecule has 0 bridgehead atoms. The van der Waals surface area contributed by atoms with Crippen LogP contribution in [-0.4, -0.2) is 43.6 Å². The van der Waals surface area contributed by atoms with Gasteiger partial charge in [-0.2, -0.15) is 13.2 Å². The molecule has 1 fully saturated rings.